The topological polar surface area (TPSA) is 103 Å². The van der Waals surface area contributed by atoms with Gasteiger partial charge in [0.05, 0.1) is 19.1 Å². The molecule has 11 heteroatoms. The van der Waals surface area contributed by atoms with Crippen LogP contribution in [0, 0.1) is 0 Å². The molecule has 0 unspecified atom stereocenters. The molecule has 0 radical (unpaired) electrons. The van der Waals surface area contributed by atoms with Gasteiger partial charge in [0.25, 0.3) is 6.43 Å². The first-order valence-electron chi connectivity index (χ1n) is 12.8. The Labute approximate surface area is 229 Å². The number of rotatable bonds is 12. The zero-order valence-corrected chi connectivity index (χ0v) is 23.3. The molecule has 0 aliphatic rings. The molecular formula is C28H37BF2N2O6. The van der Waals surface area contributed by atoms with Crippen molar-refractivity contribution in [2.75, 3.05) is 18.5 Å². The van der Waals surface area contributed by atoms with Gasteiger partial charge in [-0.2, -0.15) is 0 Å². The molecule has 8 nitrogen and oxygen atoms in total. The lowest BCUT2D eigenvalue weighted by atomic mass is 9.88. The highest BCUT2D eigenvalue weighted by Crippen LogP contribution is 2.29. The van der Waals surface area contributed by atoms with E-state index in [-0.39, 0.29) is 31.3 Å². The smallest absolute Gasteiger partial charge is 0.408 e. The molecule has 0 bridgehead atoms. The summed E-state index contributed by atoms with van der Waals surface area (Å²) in [6, 6.07) is 11.2. The molecule has 0 heterocycles. The van der Waals surface area contributed by atoms with Crippen molar-refractivity contribution in [2.45, 2.75) is 71.4 Å². The molecule has 0 aromatic heterocycles. The van der Waals surface area contributed by atoms with Crippen molar-refractivity contribution in [1.29, 1.82) is 0 Å². The lowest BCUT2D eigenvalue weighted by Gasteiger charge is -2.24. The molecule has 0 saturated carbocycles. The van der Waals surface area contributed by atoms with Crippen molar-refractivity contribution in [3.05, 3.63) is 53.6 Å². The molecule has 0 fully saturated rings. The first kappa shape index (κ1) is 31.6. The number of nitrogens with one attached hydrogen (secondary N) is 2. The number of esters is 1. The van der Waals surface area contributed by atoms with Crippen LogP contribution in [-0.4, -0.2) is 51.1 Å². The highest BCUT2D eigenvalue weighted by atomic mass is 19.3. The average molecular weight is 546 g/mol. The number of alkyl carbamates (subject to hydrolysis) is 1. The van der Waals surface area contributed by atoms with E-state index in [9.17, 15) is 23.2 Å². The van der Waals surface area contributed by atoms with E-state index in [1.54, 1.807) is 64.1 Å². The van der Waals surface area contributed by atoms with Crippen LogP contribution in [0.4, 0.5) is 19.3 Å². The third-order valence-electron chi connectivity index (χ3n) is 5.49. The molecule has 0 spiro atoms. The molecule has 2 amide bonds. The minimum absolute atomic E-state index is 0.0706. The zero-order chi connectivity index (χ0) is 29.2. The minimum atomic E-state index is -2.61. The molecular weight excluding hydrogens is 509 g/mol. The molecule has 2 atom stereocenters. The molecule has 2 aromatic carbocycles. The molecule has 2 N–H and O–H groups in total. The molecule has 0 aliphatic heterocycles. The highest BCUT2D eigenvalue weighted by Gasteiger charge is 2.24. The lowest BCUT2D eigenvalue weighted by molar-refractivity contribution is -0.143. The third-order valence-corrected chi connectivity index (χ3v) is 5.49. The van der Waals surface area contributed by atoms with Gasteiger partial charge in [0.1, 0.15) is 25.8 Å². The SMILES string of the molecule is Bc1ccc(OCC(F)F)c([C@H](C)CC(=O)Nc2cccc([C@@H](CC(=O)OCC)NC(=O)OC(C)(C)C)c2)c1. The second-order valence-electron chi connectivity index (χ2n) is 10.2. The summed E-state index contributed by atoms with van der Waals surface area (Å²) in [6.45, 7) is 8.17. The number of carbonyl (C=O) groups is 3. The fraction of sp³-hybridized carbons (Fsp3) is 0.464. The summed E-state index contributed by atoms with van der Waals surface area (Å²) in [5.41, 5.74) is 1.88. The Morgan fingerprint density at radius 3 is 2.41 bits per heavy atom. The van der Waals surface area contributed by atoms with E-state index in [1.807, 2.05) is 20.8 Å². The number of ether oxygens (including phenoxy) is 3. The highest BCUT2D eigenvalue weighted by molar-refractivity contribution is 6.32. The van der Waals surface area contributed by atoms with Crippen LogP contribution in [0.25, 0.3) is 0 Å². The first-order chi connectivity index (χ1) is 18.3. The number of hydrogen-bond acceptors (Lipinski definition) is 6. The van der Waals surface area contributed by atoms with Gasteiger partial charge in [-0.05, 0) is 62.9 Å². The normalized spacial score (nSPS) is 12.8. The predicted molar refractivity (Wildman–Crippen MR) is 148 cm³/mol. The van der Waals surface area contributed by atoms with E-state index < -0.39 is 36.7 Å². The first-order valence-corrected chi connectivity index (χ1v) is 12.8. The quantitative estimate of drug-likeness (QED) is 0.305. The molecule has 39 heavy (non-hydrogen) atoms. The Morgan fingerprint density at radius 2 is 1.77 bits per heavy atom. The minimum Gasteiger partial charge on any atom is -0.487 e. The largest absolute Gasteiger partial charge is 0.487 e. The number of carbonyl (C=O) groups excluding carboxylic acids is 3. The van der Waals surface area contributed by atoms with Crippen molar-refractivity contribution >= 4 is 37.0 Å². The van der Waals surface area contributed by atoms with Crippen LogP contribution >= 0.6 is 0 Å². The van der Waals surface area contributed by atoms with Gasteiger partial charge in [0, 0.05) is 12.1 Å². The van der Waals surface area contributed by atoms with Gasteiger partial charge in [0.2, 0.25) is 5.91 Å². The van der Waals surface area contributed by atoms with E-state index in [2.05, 4.69) is 10.6 Å². The van der Waals surface area contributed by atoms with E-state index >= 15 is 0 Å². The van der Waals surface area contributed by atoms with Crippen LogP contribution in [0.1, 0.15) is 70.5 Å². The number of benzene rings is 2. The number of alkyl halides is 2. The maximum atomic E-state index is 12.9. The third kappa shape index (κ3) is 11.3. The van der Waals surface area contributed by atoms with Gasteiger partial charge in [-0.1, -0.05) is 36.7 Å². The van der Waals surface area contributed by atoms with Crippen molar-refractivity contribution in [2.24, 2.45) is 0 Å². The molecule has 0 saturated heterocycles. The molecule has 0 aliphatic carbocycles. The lowest BCUT2D eigenvalue weighted by Crippen LogP contribution is -2.36. The maximum Gasteiger partial charge on any atom is 0.408 e. The van der Waals surface area contributed by atoms with Crippen LogP contribution < -0.4 is 20.8 Å². The number of halogens is 2. The van der Waals surface area contributed by atoms with E-state index in [0.29, 0.717) is 22.6 Å². The van der Waals surface area contributed by atoms with Crippen LogP contribution in [0.5, 0.6) is 5.75 Å². The van der Waals surface area contributed by atoms with Crippen molar-refractivity contribution in [3.63, 3.8) is 0 Å². The van der Waals surface area contributed by atoms with E-state index in [4.69, 9.17) is 14.2 Å². The molecule has 2 rings (SSSR count). The fourth-order valence-electron chi connectivity index (χ4n) is 3.86. The summed E-state index contributed by atoms with van der Waals surface area (Å²) in [7, 11) is 1.87. The van der Waals surface area contributed by atoms with Crippen LogP contribution in [0.15, 0.2) is 42.5 Å². The van der Waals surface area contributed by atoms with Gasteiger partial charge in [-0.25, -0.2) is 13.6 Å². The molecule has 212 valence electrons. The van der Waals surface area contributed by atoms with Crippen molar-refractivity contribution < 1.29 is 37.4 Å². The van der Waals surface area contributed by atoms with Gasteiger partial charge < -0.3 is 24.8 Å². The summed E-state index contributed by atoms with van der Waals surface area (Å²) < 4.78 is 41.0. The van der Waals surface area contributed by atoms with Crippen molar-refractivity contribution in [1.82, 2.24) is 5.32 Å². The Hall–Kier alpha value is -3.63. The Bertz CT molecular complexity index is 1140. The van der Waals surface area contributed by atoms with E-state index in [1.165, 1.54) is 0 Å². The Kier molecular flexibility index (Phi) is 11.8. The van der Waals surface area contributed by atoms with Crippen LogP contribution in [-0.2, 0) is 19.1 Å². The summed E-state index contributed by atoms with van der Waals surface area (Å²) >= 11 is 0. The van der Waals surface area contributed by atoms with Gasteiger partial charge >= 0.3 is 12.1 Å². The summed E-state index contributed by atoms with van der Waals surface area (Å²) in [5, 5.41) is 5.54. The van der Waals surface area contributed by atoms with Crippen LogP contribution in [0.2, 0.25) is 0 Å². The van der Waals surface area contributed by atoms with E-state index in [0.717, 1.165) is 5.46 Å². The zero-order valence-electron chi connectivity index (χ0n) is 23.3. The number of amides is 2. The predicted octanol–water partition coefficient (Wildman–Crippen LogP) is 4.24. The van der Waals surface area contributed by atoms with Crippen LogP contribution in [0.3, 0.4) is 0 Å². The second kappa shape index (κ2) is 14.5. The van der Waals surface area contributed by atoms with Gasteiger partial charge in [-0.3, -0.25) is 9.59 Å². The monoisotopic (exact) mass is 546 g/mol. The van der Waals surface area contributed by atoms with Gasteiger partial charge in [0.15, 0.2) is 0 Å². The number of anilines is 1. The van der Waals surface area contributed by atoms with Crippen molar-refractivity contribution in [3.8, 4) is 5.75 Å². The summed E-state index contributed by atoms with van der Waals surface area (Å²) in [4.78, 5) is 37.5. The Balaban J connectivity index is 2.16. The maximum absolute atomic E-state index is 12.9. The fourth-order valence-corrected chi connectivity index (χ4v) is 3.86. The number of hydrogen-bond donors (Lipinski definition) is 2. The molecule has 2 aromatic rings. The summed E-state index contributed by atoms with van der Waals surface area (Å²) in [5.74, 6) is -0.794. The average Bonchev–Trinajstić information content (AvgIpc) is 2.81. The second-order valence-corrected chi connectivity index (χ2v) is 10.2. The van der Waals surface area contributed by atoms with Gasteiger partial charge in [-0.15, -0.1) is 0 Å². The standard InChI is InChI=1S/C28H37BF2N2O6/c1-6-37-26(35)15-22(33-27(36)39-28(3,4)5)18-8-7-9-20(13-18)32-25(34)12-17(2)21-14-19(29)10-11-23(21)38-16-24(30)31/h7-11,13-14,17,22,24H,6,12,15-16,29H2,1-5H3,(H,32,34)(H,33,36)/t17-,22-/m1/s1. The Morgan fingerprint density at radius 1 is 1.05 bits per heavy atom. The summed E-state index contributed by atoms with van der Waals surface area (Å²) in [6.07, 6.45) is -3.36.